The number of halogens is 1. The Labute approximate surface area is 167 Å². The van der Waals surface area contributed by atoms with E-state index in [1.807, 2.05) is 0 Å². The number of benzene rings is 1. The molecule has 0 aromatic heterocycles. The molecule has 1 aromatic rings. The minimum atomic E-state index is -1.04. The summed E-state index contributed by atoms with van der Waals surface area (Å²) in [5.74, 6) is -1.79. The molecule has 4 amide bonds. The Hall–Kier alpha value is -2.97. The van der Waals surface area contributed by atoms with Crippen molar-refractivity contribution in [2.45, 2.75) is 57.1 Å². The maximum absolute atomic E-state index is 12.9. The normalized spacial score (nSPS) is 18.6. The molecule has 1 aliphatic heterocycles. The van der Waals surface area contributed by atoms with Gasteiger partial charge in [-0.1, -0.05) is 12.8 Å². The second kappa shape index (κ2) is 8.59. The number of nitrogens with zero attached hydrogens (tertiary/aromatic N) is 1. The van der Waals surface area contributed by atoms with Crippen LogP contribution in [0.3, 0.4) is 0 Å². The zero-order valence-electron chi connectivity index (χ0n) is 16.2. The van der Waals surface area contributed by atoms with Gasteiger partial charge in [0.25, 0.3) is 11.8 Å². The van der Waals surface area contributed by atoms with Gasteiger partial charge in [-0.25, -0.2) is 9.18 Å². The number of esters is 1. The zero-order valence-corrected chi connectivity index (χ0v) is 16.2. The number of rotatable bonds is 7. The highest BCUT2D eigenvalue weighted by atomic mass is 19.1. The van der Waals surface area contributed by atoms with Gasteiger partial charge < -0.3 is 15.4 Å². The Balaban J connectivity index is 1.41. The first-order valence-electron chi connectivity index (χ1n) is 9.71. The monoisotopic (exact) mass is 405 g/mol. The summed E-state index contributed by atoms with van der Waals surface area (Å²) in [6.07, 6.45) is 2.30. The SMILES string of the molecule is C[C@H](OC(=O)CCCN1C(=O)NC2(CCCC2)C1=O)C(=O)Nc1ccc(F)cc1. The highest BCUT2D eigenvalue weighted by molar-refractivity contribution is 6.07. The van der Waals surface area contributed by atoms with Crippen LogP contribution in [0.2, 0.25) is 0 Å². The van der Waals surface area contributed by atoms with E-state index in [2.05, 4.69) is 10.6 Å². The lowest BCUT2D eigenvalue weighted by atomic mass is 9.98. The van der Waals surface area contributed by atoms with E-state index in [-0.39, 0.29) is 25.3 Å². The molecule has 1 heterocycles. The molecule has 1 aliphatic carbocycles. The Morgan fingerprint density at radius 1 is 1.24 bits per heavy atom. The van der Waals surface area contributed by atoms with Crippen LogP contribution in [-0.2, 0) is 19.1 Å². The Morgan fingerprint density at radius 3 is 2.55 bits per heavy atom. The lowest BCUT2D eigenvalue weighted by Crippen LogP contribution is -2.44. The fourth-order valence-electron chi connectivity index (χ4n) is 3.66. The van der Waals surface area contributed by atoms with Crippen molar-refractivity contribution in [1.82, 2.24) is 10.2 Å². The molecule has 2 N–H and O–H groups in total. The van der Waals surface area contributed by atoms with E-state index in [0.29, 0.717) is 18.5 Å². The van der Waals surface area contributed by atoms with Crippen LogP contribution in [0.15, 0.2) is 24.3 Å². The molecular formula is C20H24FN3O5. The lowest BCUT2D eigenvalue weighted by molar-refractivity contribution is -0.153. The smallest absolute Gasteiger partial charge is 0.325 e. The fourth-order valence-corrected chi connectivity index (χ4v) is 3.66. The Morgan fingerprint density at radius 2 is 1.90 bits per heavy atom. The number of imide groups is 1. The molecule has 0 radical (unpaired) electrons. The fraction of sp³-hybridized carbons (Fsp3) is 0.500. The summed E-state index contributed by atoms with van der Waals surface area (Å²) in [6, 6.07) is 4.79. The van der Waals surface area contributed by atoms with Gasteiger partial charge in [0.05, 0.1) is 0 Å². The van der Waals surface area contributed by atoms with Crippen LogP contribution >= 0.6 is 0 Å². The van der Waals surface area contributed by atoms with Gasteiger partial charge in [0.1, 0.15) is 11.4 Å². The average Bonchev–Trinajstić information content (AvgIpc) is 3.24. The number of nitrogens with one attached hydrogen (secondary N) is 2. The van der Waals surface area contributed by atoms with E-state index in [4.69, 9.17) is 4.74 Å². The maximum Gasteiger partial charge on any atom is 0.325 e. The lowest BCUT2D eigenvalue weighted by Gasteiger charge is -2.20. The van der Waals surface area contributed by atoms with E-state index < -0.39 is 35.4 Å². The van der Waals surface area contributed by atoms with Crippen molar-refractivity contribution in [3.8, 4) is 0 Å². The predicted molar refractivity (Wildman–Crippen MR) is 101 cm³/mol. The minimum Gasteiger partial charge on any atom is -0.453 e. The molecule has 1 saturated carbocycles. The van der Waals surface area contributed by atoms with Crippen LogP contribution < -0.4 is 10.6 Å². The first-order chi connectivity index (χ1) is 13.8. The first kappa shape index (κ1) is 20.8. The summed E-state index contributed by atoms with van der Waals surface area (Å²) in [7, 11) is 0. The minimum absolute atomic E-state index is 0.0295. The predicted octanol–water partition coefficient (Wildman–Crippen LogP) is 2.34. The summed E-state index contributed by atoms with van der Waals surface area (Å²) in [6.45, 7) is 1.55. The molecule has 1 spiro atoms. The Kier molecular flexibility index (Phi) is 6.14. The number of carbonyl (C=O) groups is 4. The van der Waals surface area contributed by atoms with Crippen LogP contribution in [0.4, 0.5) is 14.9 Å². The maximum atomic E-state index is 12.9. The van der Waals surface area contributed by atoms with E-state index in [0.717, 1.165) is 17.7 Å². The van der Waals surface area contributed by atoms with Gasteiger partial charge in [0, 0.05) is 18.7 Å². The molecule has 9 heteroatoms. The van der Waals surface area contributed by atoms with Crippen molar-refractivity contribution in [2.75, 3.05) is 11.9 Å². The largest absolute Gasteiger partial charge is 0.453 e. The van der Waals surface area contributed by atoms with Crippen molar-refractivity contribution in [3.05, 3.63) is 30.1 Å². The van der Waals surface area contributed by atoms with Crippen molar-refractivity contribution in [2.24, 2.45) is 0 Å². The van der Waals surface area contributed by atoms with Gasteiger partial charge in [-0.2, -0.15) is 0 Å². The van der Waals surface area contributed by atoms with Gasteiger partial charge in [0.2, 0.25) is 0 Å². The summed E-state index contributed by atoms with van der Waals surface area (Å²) in [5.41, 5.74) is -0.372. The number of hydrogen-bond donors (Lipinski definition) is 2. The number of urea groups is 1. The molecule has 3 rings (SSSR count). The van der Waals surface area contributed by atoms with E-state index in [1.54, 1.807) is 0 Å². The topological polar surface area (TPSA) is 105 Å². The Bertz CT molecular complexity index is 805. The molecule has 1 aromatic carbocycles. The molecule has 8 nitrogen and oxygen atoms in total. The number of amides is 4. The quantitative estimate of drug-likeness (QED) is 0.535. The van der Waals surface area contributed by atoms with Crippen LogP contribution in [0, 0.1) is 5.82 Å². The summed E-state index contributed by atoms with van der Waals surface area (Å²) >= 11 is 0. The summed E-state index contributed by atoms with van der Waals surface area (Å²) in [4.78, 5) is 49.8. The molecule has 2 fully saturated rings. The molecule has 1 atom stereocenters. The van der Waals surface area contributed by atoms with Crippen LogP contribution in [0.1, 0.15) is 45.4 Å². The van der Waals surface area contributed by atoms with Crippen LogP contribution in [-0.4, -0.2) is 46.9 Å². The third-order valence-corrected chi connectivity index (χ3v) is 5.25. The van der Waals surface area contributed by atoms with Gasteiger partial charge in [-0.3, -0.25) is 19.3 Å². The van der Waals surface area contributed by atoms with Gasteiger partial charge in [-0.05, 0) is 50.5 Å². The highest BCUT2D eigenvalue weighted by Crippen LogP contribution is 2.35. The van der Waals surface area contributed by atoms with E-state index in [9.17, 15) is 23.6 Å². The van der Waals surface area contributed by atoms with Gasteiger partial charge >= 0.3 is 12.0 Å². The van der Waals surface area contributed by atoms with E-state index in [1.165, 1.54) is 31.2 Å². The van der Waals surface area contributed by atoms with Crippen LogP contribution in [0.5, 0.6) is 0 Å². The van der Waals surface area contributed by atoms with Crippen molar-refractivity contribution >= 4 is 29.5 Å². The van der Waals surface area contributed by atoms with Gasteiger partial charge in [-0.15, -0.1) is 0 Å². The van der Waals surface area contributed by atoms with E-state index >= 15 is 0 Å². The van der Waals surface area contributed by atoms with Crippen molar-refractivity contribution in [3.63, 3.8) is 0 Å². The number of hydrogen-bond acceptors (Lipinski definition) is 5. The summed E-state index contributed by atoms with van der Waals surface area (Å²) < 4.78 is 18.0. The molecule has 0 unspecified atom stereocenters. The molecule has 156 valence electrons. The van der Waals surface area contributed by atoms with Gasteiger partial charge in [0.15, 0.2) is 6.10 Å². The highest BCUT2D eigenvalue weighted by Gasteiger charge is 2.52. The standard InChI is InChI=1S/C20H24FN3O5/c1-13(17(26)22-15-8-6-14(21)7-9-15)29-16(25)5-4-12-24-18(27)20(23-19(24)28)10-2-3-11-20/h6-9,13H,2-5,10-12H2,1H3,(H,22,26)(H,23,28)/t13-/m0/s1. The van der Waals surface area contributed by atoms with Crippen LogP contribution in [0.25, 0.3) is 0 Å². The number of carbonyl (C=O) groups excluding carboxylic acids is 4. The molecule has 2 aliphatic rings. The molecule has 0 bridgehead atoms. The molecule has 29 heavy (non-hydrogen) atoms. The molecule has 1 saturated heterocycles. The molecular weight excluding hydrogens is 381 g/mol. The second-order valence-electron chi connectivity index (χ2n) is 7.41. The van der Waals surface area contributed by atoms with Crippen molar-refractivity contribution in [1.29, 1.82) is 0 Å². The third kappa shape index (κ3) is 4.72. The average molecular weight is 405 g/mol. The number of anilines is 1. The second-order valence-corrected chi connectivity index (χ2v) is 7.41. The van der Waals surface area contributed by atoms with Crippen molar-refractivity contribution < 1.29 is 28.3 Å². The first-order valence-corrected chi connectivity index (χ1v) is 9.71. The summed E-state index contributed by atoms with van der Waals surface area (Å²) in [5, 5.41) is 5.31. The number of ether oxygens (including phenoxy) is 1. The third-order valence-electron chi connectivity index (χ3n) is 5.25. The zero-order chi connectivity index (χ0) is 21.0.